The molecule has 0 saturated heterocycles. The van der Waals surface area contributed by atoms with Gasteiger partial charge in [-0.05, 0) is 22.6 Å². The number of benzene rings is 2. The van der Waals surface area contributed by atoms with Crippen LogP contribution >= 0.6 is 0 Å². The van der Waals surface area contributed by atoms with Crippen LogP contribution in [0.2, 0.25) is 0 Å². The van der Waals surface area contributed by atoms with Gasteiger partial charge in [-0.25, -0.2) is 4.39 Å². The van der Waals surface area contributed by atoms with Gasteiger partial charge in [0.1, 0.15) is 5.82 Å². The van der Waals surface area contributed by atoms with Crippen molar-refractivity contribution in [1.82, 2.24) is 0 Å². The quantitative estimate of drug-likeness (QED) is 0.588. The van der Waals surface area contributed by atoms with Crippen molar-refractivity contribution in [1.29, 1.82) is 0 Å². The lowest BCUT2D eigenvalue weighted by Gasteiger charge is -2.19. The zero-order chi connectivity index (χ0) is 14.9. The first kappa shape index (κ1) is 14.2. The largest absolute Gasteiger partial charge is 0.270 e. The third kappa shape index (κ3) is 2.85. The minimum Gasteiger partial charge on any atom is -0.258 e. The van der Waals surface area contributed by atoms with Gasteiger partial charge >= 0.3 is 0 Å². The summed E-state index contributed by atoms with van der Waals surface area (Å²) in [4.78, 5) is 10.3. The molecule has 0 fully saturated rings. The van der Waals surface area contributed by atoms with Gasteiger partial charge in [0.15, 0.2) is 0 Å². The molecule has 0 aliphatic heterocycles. The first-order chi connectivity index (χ1) is 9.29. The maximum absolute atomic E-state index is 13.9. The molecule has 2 aromatic rings. The van der Waals surface area contributed by atoms with E-state index in [0.29, 0.717) is 5.56 Å². The minimum atomic E-state index is -0.517. The van der Waals surface area contributed by atoms with Gasteiger partial charge in [0, 0.05) is 17.7 Å². The summed E-state index contributed by atoms with van der Waals surface area (Å²) in [6.45, 7) is 6.20. The van der Waals surface area contributed by atoms with Crippen LogP contribution in [0.15, 0.2) is 42.5 Å². The highest BCUT2D eigenvalue weighted by molar-refractivity contribution is 5.67. The molecule has 0 radical (unpaired) electrons. The van der Waals surface area contributed by atoms with Crippen molar-refractivity contribution in [2.45, 2.75) is 26.2 Å². The molecule has 0 N–H and O–H groups in total. The molecule has 104 valence electrons. The SMILES string of the molecule is CC(C)(C)c1cccc(-c2cc([N+](=O)[O-])ccc2F)c1. The van der Waals surface area contributed by atoms with Gasteiger partial charge in [0.05, 0.1) is 4.92 Å². The average molecular weight is 273 g/mol. The summed E-state index contributed by atoms with van der Waals surface area (Å²) in [6.07, 6.45) is 0. The Bertz CT molecular complexity index is 660. The Labute approximate surface area is 117 Å². The highest BCUT2D eigenvalue weighted by Crippen LogP contribution is 2.30. The second-order valence-electron chi connectivity index (χ2n) is 5.75. The predicted octanol–water partition coefficient (Wildman–Crippen LogP) is 4.70. The molecule has 2 aromatic carbocycles. The summed E-state index contributed by atoms with van der Waals surface area (Å²) in [6, 6.07) is 11.0. The first-order valence-corrected chi connectivity index (χ1v) is 6.34. The summed E-state index contributed by atoms with van der Waals surface area (Å²) in [5.41, 5.74) is 1.79. The van der Waals surface area contributed by atoms with Crippen LogP contribution in [0, 0.1) is 15.9 Å². The molecule has 0 saturated carbocycles. The summed E-state index contributed by atoms with van der Waals surface area (Å²) >= 11 is 0. The van der Waals surface area contributed by atoms with Gasteiger partial charge in [-0.3, -0.25) is 10.1 Å². The van der Waals surface area contributed by atoms with Crippen LogP contribution < -0.4 is 0 Å². The summed E-state index contributed by atoms with van der Waals surface area (Å²) < 4.78 is 13.9. The zero-order valence-electron chi connectivity index (χ0n) is 11.7. The normalized spacial score (nSPS) is 11.4. The van der Waals surface area contributed by atoms with E-state index in [0.717, 1.165) is 11.6 Å². The number of halogens is 1. The second-order valence-corrected chi connectivity index (χ2v) is 5.75. The van der Waals surface area contributed by atoms with E-state index < -0.39 is 10.7 Å². The fourth-order valence-corrected chi connectivity index (χ4v) is 2.00. The Kier molecular flexibility index (Phi) is 3.57. The molecule has 0 aliphatic carbocycles. The van der Waals surface area contributed by atoms with Crippen LogP contribution in [-0.2, 0) is 5.41 Å². The Morgan fingerprint density at radius 1 is 1.10 bits per heavy atom. The third-order valence-corrected chi connectivity index (χ3v) is 3.20. The van der Waals surface area contributed by atoms with Crippen LogP contribution in [0.4, 0.5) is 10.1 Å². The molecule has 2 rings (SSSR count). The van der Waals surface area contributed by atoms with Crippen LogP contribution in [0.3, 0.4) is 0 Å². The number of non-ortho nitro benzene ring substituents is 1. The molecule has 0 heterocycles. The van der Waals surface area contributed by atoms with Gasteiger partial charge in [0.25, 0.3) is 5.69 Å². The van der Waals surface area contributed by atoms with Crippen LogP contribution in [0.5, 0.6) is 0 Å². The van der Waals surface area contributed by atoms with Crippen molar-refractivity contribution in [2.24, 2.45) is 0 Å². The minimum absolute atomic E-state index is 0.0623. The molecule has 0 amide bonds. The van der Waals surface area contributed by atoms with Gasteiger partial charge in [-0.1, -0.05) is 45.0 Å². The monoisotopic (exact) mass is 273 g/mol. The molecule has 4 heteroatoms. The van der Waals surface area contributed by atoms with Gasteiger partial charge in [-0.15, -0.1) is 0 Å². The van der Waals surface area contributed by atoms with Crippen LogP contribution in [0.25, 0.3) is 11.1 Å². The van der Waals surface area contributed by atoms with E-state index in [1.54, 1.807) is 6.07 Å². The lowest BCUT2D eigenvalue weighted by Crippen LogP contribution is -2.10. The maximum atomic E-state index is 13.9. The highest BCUT2D eigenvalue weighted by Gasteiger charge is 2.16. The number of rotatable bonds is 2. The van der Waals surface area contributed by atoms with Crippen molar-refractivity contribution < 1.29 is 9.31 Å². The summed E-state index contributed by atoms with van der Waals surface area (Å²) in [7, 11) is 0. The Morgan fingerprint density at radius 3 is 2.40 bits per heavy atom. The maximum Gasteiger partial charge on any atom is 0.270 e. The van der Waals surface area contributed by atoms with Crippen molar-refractivity contribution in [3.05, 3.63) is 64.0 Å². The topological polar surface area (TPSA) is 43.1 Å². The highest BCUT2D eigenvalue weighted by atomic mass is 19.1. The van der Waals surface area contributed by atoms with E-state index in [4.69, 9.17) is 0 Å². The van der Waals surface area contributed by atoms with Crippen molar-refractivity contribution in [3.8, 4) is 11.1 Å². The summed E-state index contributed by atoms with van der Waals surface area (Å²) in [5.74, 6) is -0.457. The molecule has 0 atom stereocenters. The number of hydrogen-bond acceptors (Lipinski definition) is 2. The standard InChI is InChI=1S/C16H16FNO2/c1-16(2,3)12-6-4-5-11(9-12)14-10-13(18(19)20)7-8-15(14)17/h4-10H,1-3H3. The van der Waals surface area contributed by atoms with E-state index in [2.05, 4.69) is 20.8 Å². The van der Waals surface area contributed by atoms with Crippen LogP contribution in [0.1, 0.15) is 26.3 Å². The number of nitrogens with zero attached hydrogens (tertiary/aromatic N) is 1. The molecule has 3 nitrogen and oxygen atoms in total. The van der Waals surface area contributed by atoms with Crippen LogP contribution in [-0.4, -0.2) is 4.92 Å². The molecule has 0 aromatic heterocycles. The zero-order valence-corrected chi connectivity index (χ0v) is 11.7. The number of nitro benzene ring substituents is 1. The number of nitro groups is 1. The lowest BCUT2D eigenvalue weighted by atomic mass is 9.85. The van der Waals surface area contributed by atoms with E-state index in [9.17, 15) is 14.5 Å². The van der Waals surface area contributed by atoms with E-state index in [1.165, 1.54) is 12.1 Å². The van der Waals surface area contributed by atoms with E-state index in [1.807, 2.05) is 18.2 Å². The van der Waals surface area contributed by atoms with Gasteiger partial charge in [0.2, 0.25) is 0 Å². The van der Waals surface area contributed by atoms with E-state index in [-0.39, 0.29) is 16.7 Å². The third-order valence-electron chi connectivity index (χ3n) is 3.20. The molecule has 0 aliphatic rings. The van der Waals surface area contributed by atoms with Crippen molar-refractivity contribution in [2.75, 3.05) is 0 Å². The Balaban J connectivity index is 2.57. The molecule has 0 bridgehead atoms. The molecular weight excluding hydrogens is 257 g/mol. The molecule has 0 spiro atoms. The summed E-state index contributed by atoms with van der Waals surface area (Å²) in [5, 5.41) is 10.8. The fourth-order valence-electron chi connectivity index (χ4n) is 2.00. The smallest absolute Gasteiger partial charge is 0.258 e. The molecular formula is C16H16FNO2. The fraction of sp³-hybridized carbons (Fsp3) is 0.250. The Hall–Kier alpha value is -2.23. The predicted molar refractivity (Wildman–Crippen MR) is 77.2 cm³/mol. The van der Waals surface area contributed by atoms with Gasteiger partial charge in [-0.2, -0.15) is 0 Å². The average Bonchev–Trinajstić information content (AvgIpc) is 2.38. The van der Waals surface area contributed by atoms with Crippen molar-refractivity contribution in [3.63, 3.8) is 0 Å². The number of hydrogen-bond donors (Lipinski definition) is 0. The Morgan fingerprint density at radius 2 is 1.80 bits per heavy atom. The molecule has 20 heavy (non-hydrogen) atoms. The van der Waals surface area contributed by atoms with E-state index >= 15 is 0 Å². The molecule has 0 unspecified atom stereocenters. The lowest BCUT2D eigenvalue weighted by molar-refractivity contribution is -0.384. The van der Waals surface area contributed by atoms with Crippen molar-refractivity contribution >= 4 is 5.69 Å². The first-order valence-electron chi connectivity index (χ1n) is 6.34. The van der Waals surface area contributed by atoms with Gasteiger partial charge < -0.3 is 0 Å². The second kappa shape index (κ2) is 5.04.